The number of rotatable bonds is 2. The van der Waals surface area contributed by atoms with Crippen molar-refractivity contribution in [3.63, 3.8) is 0 Å². The number of amides is 1. The summed E-state index contributed by atoms with van der Waals surface area (Å²) < 4.78 is 6.88. The predicted molar refractivity (Wildman–Crippen MR) is 63.8 cm³/mol. The molecule has 6 heteroatoms. The van der Waals surface area contributed by atoms with E-state index in [2.05, 4.69) is 4.98 Å². The normalized spacial score (nSPS) is 11.4. The van der Waals surface area contributed by atoms with Gasteiger partial charge in [-0.05, 0) is 20.8 Å². The van der Waals surface area contributed by atoms with Crippen LogP contribution in [0, 0.1) is 0 Å². The van der Waals surface area contributed by atoms with E-state index < -0.39 is 11.7 Å². The second-order valence-electron chi connectivity index (χ2n) is 4.82. The topological polar surface area (TPSA) is 67.6 Å². The molecule has 0 aliphatic rings. The van der Waals surface area contributed by atoms with Crippen LogP contribution in [0.1, 0.15) is 26.5 Å². The highest BCUT2D eigenvalue weighted by Gasteiger charge is 2.23. The minimum Gasteiger partial charge on any atom is -0.443 e. The Morgan fingerprint density at radius 1 is 1.59 bits per heavy atom. The van der Waals surface area contributed by atoms with Gasteiger partial charge in [0, 0.05) is 14.1 Å². The highest BCUT2D eigenvalue weighted by molar-refractivity contribution is 5.86. The van der Waals surface area contributed by atoms with Crippen molar-refractivity contribution in [2.45, 2.75) is 33.0 Å². The van der Waals surface area contributed by atoms with Crippen molar-refractivity contribution < 1.29 is 14.6 Å². The molecule has 0 atom stereocenters. The molecular weight excluding hydrogens is 222 g/mol. The smallest absolute Gasteiger partial charge is 0.415 e. The lowest BCUT2D eigenvalue weighted by molar-refractivity contribution is 0.0588. The number of anilines is 1. The Morgan fingerprint density at radius 3 is 2.65 bits per heavy atom. The summed E-state index contributed by atoms with van der Waals surface area (Å²) >= 11 is 0. The van der Waals surface area contributed by atoms with Crippen LogP contribution >= 0.6 is 0 Å². The van der Waals surface area contributed by atoms with E-state index >= 15 is 0 Å². The third kappa shape index (κ3) is 3.20. The first-order valence-electron chi connectivity index (χ1n) is 5.34. The number of aliphatic hydroxyl groups is 1. The summed E-state index contributed by atoms with van der Waals surface area (Å²) in [4.78, 5) is 17.2. The molecule has 0 aromatic carbocycles. The molecule has 1 N–H and O–H groups in total. The third-order valence-electron chi connectivity index (χ3n) is 2.17. The Bertz CT molecular complexity index is 407. The maximum atomic E-state index is 11.8. The van der Waals surface area contributed by atoms with E-state index in [1.165, 1.54) is 4.90 Å². The van der Waals surface area contributed by atoms with Crippen molar-refractivity contribution in [2.75, 3.05) is 11.9 Å². The van der Waals surface area contributed by atoms with Gasteiger partial charge in [0.15, 0.2) is 5.82 Å². The summed E-state index contributed by atoms with van der Waals surface area (Å²) in [5.41, 5.74) is 0.0119. The van der Waals surface area contributed by atoms with Gasteiger partial charge in [-0.15, -0.1) is 0 Å². The number of nitrogens with zero attached hydrogens (tertiary/aromatic N) is 3. The van der Waals surface area contributed by atoms with Gasteiger partial charge in [0.25, 0.3) is 0 Å². The van der Waals surface area contributed by atoms with Gasteiger partial charge in [-0.3, -0.25) is 4.90 Å². The van der Waals surface area contributed by atoms with Gasteiger partial charge in [-0.1, -0.05) is 0 Å². The monoisotopic (exact) mass is 241 g/mol. The fourth-order valence-electron chi connectivity index (χ4n) is 1.32. The van der Waals surface area contributed by atoms with E-state index in [1.54, 1.807) is 45.8 Å². The fourth-order valence-corrected chi connectivity index (χ4v) is 1.32. The van der Waals surface area contributed by atoms with Crippen LogP contribution in [0.25, 0.3) is 0 Å². The molecular formula is C11H19N3O3. The molecule has 1 heterocycles. The quantitative estimate of drug-likeness (QED) is 0.847. The molecule has 0 aliphatic heterocycles. The maximum absolute atomic E-state index is 11.8. The number of aliphatic hydroxyl groups excluding tert-OH is 1. The second kappa shape index (κ2) is 4.75. The number of imidazole rings is 1. The Kier molecular flexibility index (Phi) is 3.77. The number of ether oxygens (including phenoxy) is 1. The van der Waals surface area contributed by atoms with Gasteiger partial charge in [-0.25, -0.2) is 9.78 Å². The highest BCUT2D eigenvalue weighted by Crippen LogP contribution is 2.19. The third-order valence-corrected chi connectivity index (χ3v) is 2.17. The van der Waals surface area contributed by atoms with Crippen molar-refractivity contribution in [2.24, 2.45) is 7.05 Å². The van der Waals surface area contributed by atoms with E-state index in [0.717, 1.165) is 0 Å². The van der Waals surface area contributed by atoms with E-state index in [4.69, 9.17) is 4.74 Å². The van der Waals surface area contributed by atoms with Gasteiger partial charge >= 0.3 is 6.09 Å². The number of carbonyl (C=O) groups is 1. The molecule has 1 rings (SSSR count). The Balaban J connectivity index is 2.89. The first kappa shape index (κ1) is 13.5. The molecule has 0 spiro atoms. The van der Waals surface area contributed by atoms with Crippen LogP contribution in [-0.2, 0) is 18.4 Å². The Hall–Kier alpha value is -1.56. The minimum atomic E-state index is -0.556. The largest absolute Gasteiger partial charge is 0.443 e. The minimum absolute atomic E-state index is 0.182. The Labute approximate surface area is 101 Å². The van der Waals surface area contributed by atoms with Gasteiger partial charge in [0.2, 0.25) is 0 Å². The average molecular weight is 241 g/mol. The fraction of sp³-hybridized carbons (Fsp3) is 0.636. The van der Waals surface area contributed by atoms with Crippen molar-refractivity contribution in [3.8, 4) is 0 Å². The summed E-state index contributed by atoms with van der Waals surface area (Å²) in [6.45, 7) is 5.21. The zero-order chi connectivity index (χ0) is 13.2. The van der Waals surface area contributed by atoms with E-state index in [-0.39, 0.29) is 6.61 Å². The van der Waals surface area contributed by atoms with Crippen LogP contribution in [0.5, 0.6) is 0 Å². The predicted octanol–water partition coefficient (Wildman–Crippen LogP) is 1.28. The molecule has 0 aliphatic carbocycles. The second-order valence-corrected chi connectivity index (χ2v) is 4.82. The highest BCUT2D eigenvalue weighted by atomic mass is 16.6. The number of aryl methyl sites for hydroxylation is 1. The zero-order valence-corrected chi connectivity index (χ0v) is 10.9. The van der Waals surface area contributed by atoms with E-state index in [9.17, 15) is 9.90 Å². The number of carbonyl (C=O) groups excluding carboxylic acids is 1. The molecule has 6 nitrogen and oxygen atoms in total. The van der Waals surface area contributed by atoms with Crippen molar-refractivity contribution in [1.29, 1.82) is 0 Å². The molecule has 96 valence electrons. The lowest BCUT2D eigenvalue weighted by atomic mass is 10.2. The lowest BCUT2D eigenvalue weighted by Crippen LogP contribution is -2.34. The first-order valence-corrected chi connectivity index (χ1v) is 5.34. The van der Waals surface area contributed by atoms with Gasteiger partial charge < -0.3 is 14.4 Å². The molecule has 0 saturated carbocycles. The number of hydrogen-bond donors (Lipinski definition) is 1. The molecule has 1 aromatic heterocycles. The zero-order valence-electron chi connectivity index (χ0n) is 10.9. The summed E-state index contributed by atoms with van der Waals surface area (Å²) in [6.07, 6.45) is 1.05. The van der Waals surface area contributed by atoms with E-state index in [1.807, 2.05) is 0 Å². The maximum Gasteiger partial charge on any atom is 0.415 e. The average Bonchev–Trinajstić information content (AvgIpc) is 2.55. The molecule has 0 radical (unpaired) electrons. The van der Waals surface area contributed by atoms with Crippen LogP contribution < -0.4 is 4.90 Å². The number of hydrogen-bond acceptors (Lipinski definition) is 4. The molecule has 0 unspecified atom stereocenters. The van der Waals surface area contributed by atoms with Gasteiger partial charge in [-0.2, -0.15) is 0 Å². The van der Waals surface area contributed by atoms with Crippen molar-refractivity contribution >= 4 is 11.9 Å². The van der Waals surface area contributed by atoms with Crippen LogP contribution in [-0.4, -0.2) is 33.4 Å². The first-order chi connectivity index (χ1) is 7.76. The van der Waals surface area contributed by atoms with Crippen molar-refractivity contribution in [3.05, 3.63) is 12.0 Å². The van der Waals surface area contributed by atoms with Crippen molar-refractivity contribution in [1.82, 2.24) is 9.55 Å². The summed E-state index contributed by atoms with van der Waals surface area (Å²) in [5, 5.41) is 9.21. The standard InChI is InChI=1S/C11H19N3O3/c1-11(2,3)17-10(16)14(5)9-8(6-15)13(4)7-12-9/h7,15H,6H2,1-5H3. The van der Waals surface area contributed by atoms with Gasteiger partial charge in [0.05, 0.1) is 18.6 Å². The van der Waals surface area contributed by atoms with E-state index in [0.29, 0.717) is 11.5 Å². The lowest BCUT2D eigenvalue weighted by Gasteiger charge is -2.24. The Morgan fingerprint density at radius 2 is 2.18 bits per heavy atom. The summed E-state index contributed by atoms with van der Waals surface area (Å²) in [6, 6.07) is 0. The van der Waals surface area contributed by atoms with Crippen LogP contribution in [0.4, 0.5) is 10.6 Å². The summed E-state index contributed by atoms with van der Waals surface area (Å²) in [5.74, 6) is 0.407. The molecule has 1 amide bonds. The molecule has 0 saturated heterocycles. The van der Waals surface area contributed by atoms with Crippen LogP contribution in [0.3, 0.4) is 0 Å². The number of aromatic nitrogens is 2. The molecule has 0 bridgehead atoms. The molecule has 0 fully saturated rings. The molecule has 17 heavy (non-hydrogen) atoms. The molecule has 1 aromatic rings. The van der Waals surface area contributed by atoms with Gasteiger partial charge in [0.1, 0.15) is 5.60 Å². The van der Waals surface area contributed by atoms with Crippen LogP contribution in [0.2, 0.25) is 0 Å². The van der Waals surface area contributed by atoms with Crippen LogP contribution in [0.15, 0.2) is 6.33 Å². The SMILES string of the molecule is CN(C(=O)OC(C)(C)C)c1ncn(C)c1CO. The summed E-state index contributed by atoms with van der Waals surface area (Å²) in [7, 11) is 3.32.